The summed E-state index contributed by atoms with van der Waals surface area (Å²) in [6, 6.07) is 9.88. The van der Waals surface area contributed by atoms with Crippen molar-refractivity contribution < 1.29 is 9.18 Å². The Kier molecular flexibility index (Phi) is 4.88. The monoisotopic (exact) mass is 338 g/mol. The number of benzene rings is 1. The Morgan fingerprint density at radius 2 is 1.84 bits per heavy atom. The first-order valence-electron chi connectivity index (χ1n) is 8.07. The number of pyridine rings is 1. The second-order valence-corrected chi connectivity index (χ2v) is 5.78. The third-order valence-corrected chi connectivity index (χ3v) is 4.12. The van der Waals surface area contributed by atoms with Crippen LogP contribution in [-0.2, 0) is 6.42 Å². The molecule has 128 valence electrons. The van der Waals surface area contributed by atoms with E-state index in [-0.39, 0.29) is 11.7 Å². The van der Waals surface area contributed by atoms with Gasteiger partial charge in [0, 0.05) is 38.0 Å². The average molecular weight is 338 g/mol. The molecule has 2 aromatic heterocycles. The maximum absolute atomic E-state index is 13.1. The first kappa shape index (κ1) is 16.8. The highest BCUT2D eigenvalue weighted by molar-refractivity contribution is 6.01. The van der Waals surface area contributed by atoms with Crippen LogP contribution in [0.4, 0.5) is 4.39 Å². The summed E-state index contributed by atoms with van der Waals surface area (Å²) in [6.07, 6.45) is 3.81. The molecule has 2 heterocycles. The van der Waals surface area contributed by atoms with Crippen LogP contribution in [-0.4, -0.2) is 39.6 Å². The standard InChI is InChI=1S/C19H19FN4O/c1-3-24(2)19(25)17-16(12-13-4-6-15(20)7-5-13)22-23-18(17)14-8-10-21-11-9-14/h4-11H,3,12H2,1-2H3,(H,22,23). The highest BCUT2D eigenvalue weighted by Crippen LogP contribution is 2.26. The molecule has 6 heteroatoms. The summed E-state index contributed by atoms with van der Waals surface area (Å²) in [4.78, 5) is 18.5. The van der Waals surface area contributed by atoms with Crippen LogP contribution in [0.15, 0.2) is 48.8 Å². The van der Waals surface area contributed by atoms with Crippen LogP contribution in [0.25, 0.3) is 11.3 Å². The van der Waals surface area contributed by atoms with Gasteiger partial charge in [0.15, 0.2) is 0 Å². The fourth-order valence-corrected chi connectivity index (χ4v) is 2.60. The van der Waals surface area contributed by atoms with Crippen LogP contribution in [0.5, 0.6) is 0 Å². The zero-order valence-electron chi connectivity index (χ0n) is 14.2. The molecule has 1 amide bonds. The molecule has 3 rings (SSSR count). The lowest BCUT2D eigenvalue weighted by atomic mass is 10.0. The van der Waals surface area contributed by atoms with Gasteiger partial charge in [-0.05, 0) is 36.8 Å². The van der Waals surface area contributed by atoms with Gasteiger partial charge >= 0.3 is 0 Å². The van der Waals surface area contributed by atoms with E-state index in [0.29, 0.717) is 29.9 Å². The first-order chi connectivity index (χ1) is 12.1. The summed E-state index contributed by atoms with van der Waals surface area (Å²) >= 11 is 0. The van der Waals surface area contributed by atoms with Crippen molar-refractivity contribution in [3.63, 3.8) is 0 Å². The van der Waals surface area contributed by atoms with Crippen molar-refractivity contribution in [1.29, 1.82) is 0 Å². The summed E-state index contributed by atoms with van der Waals surface area (Å²) in [6.45, 7) is 2.51. The van der Waals surface area contributed by atoms with Gasteiger partial charge in [0.25, 0.3) is 5.91 Å². The lowest BCUT2D eigenvalue weighted by Crippen LogP contribution is -2.27. The highest BCUT2D eigenvalue weighted by Gasteiger charge is 2.23. The number of H-pyrrole nitrogens is 1. The van der Waals surface area contributed by atoms with Crippen molar-refractivity contribution in [2.75, 3.05) is 13.6 Å². The molecule has 1 N–H and O–H groups in total. The van der Waals surface area contributed by atoms with E-state index in [1.165, 1.54) is 12.1 Å². The summed E-state index contributed by atoms with van der Waals surface area (Å²) in [5, 5.41) is 7.35. The third kappa shape index (κ3) is 3.57. The predicted octanol–water partition coefficient (Wildman–Crippen LogP) is 3.29. The number of aromatic amines is 1. The number of carbonyl (C=O) groups excluding carboxylic acids is 1. The van der Waals surface area contributed by atoms with Gasteiger partial charge in [0.1, 0.15) is 11.5 Å². The molecule has 0 bridgehead atoms. The van der Waals surface area contributed by atoms with Gasteiger partial charge in [0.2, 0.25) is 0 Å². The zero-order valence-corrected chi connectivity index (χ0v) is 14.2. The Morgan fingerprint density at radius 1 is 1.16 bits per heavy atom. The number of hydrogen-bond donors (Lipinski definition) is 1. The summed E-state index contributed by atoms with van der Waals surface area (Å²) in [5.74, 6) is -0.381. The lowest BCUT2D eigenvalue weighted by molar-refractivity contribution is 0.0802. The van der Waals surface area contributed by atoms with E-state index in [1.807, 2.05) is 19.1 Å². The van der Waals surface area contributed by atoms with Crippen molar-refractivity contribution in [3.05, 3.63) is 71.4 Å². The highest BCUT2D eigenvalue weighted by atomic mass is 19.1. The maximum Gasteiger partial charge on any atom is 0.257 e. The Morgan fingerprint density at radius 3 is 2.48 bits per heavy atom. The van der Waals surface area contributed by atoms with Gasteiger partial charge in [-0.15, -0.1) is 0 Å². The SMILES string of the molecule is CCN(C)C(=O)c1c(-c2ccncc2)n[nH]c1Cc1ccc(F)cc1. The molecule has 3 aromatic rings. The van der Waals surface area contributed by atoms with E-state index >= 15 is 0 Å². The molecule has 0 fully saturated rings. The minimum absolute atomic E-state index is 0.0971. The number of nitrogens with zero attached hydrogens (tertiary/aromatic N) is 3. The fourth-order valence-electron chi connectivity index (χ4n) is 2.60. The van der Waals surface area contributed by atoms with Gasteiger partial charge in [0.05, 0.1) is 11.3 Å². The number of hydrogen-bond acceptors (Lipinski definition) is 3. The van der Waals surface area contributed by atoms with E-state index in [0.717, 1.165) is 11.1 Å². The number of amides is 1. The van der Waals surface area contributed by atoms with Crippen LogP contribution in [0.2, 0.25) is 0 Å². The second kappa shape index (κ2) is 7.25. The molecule has 0 spiro atoms. The Hall–Kier alpha value is -3.02. The molecule has 0 unspecified atom stereocenters. The maximum atomic E-state index is 13.1. The fraction of sp³-hybridized carbons (Fsp3) is 0.211. The molecular weight excluding hydrogens is 319 g/mol. The van der Waals surface area contributed by atoms with E-state index in [9.17, 15) is 9.18 Å². The van der Waals surface area contributed by atoms with Gasteiger partial charge < -0.3 is 4.90 Å². The number of rotatable bonds is 5. The summed E-state index contributed by atoms with van der Waals surface area (Å²) in [5.41, 5.74) is 3.58. The summed E-state index contributed by atoms with van der Waals surface area (Å²) < 4.78 is 13.1. The Balaban J connectivity index is 2.04. The summed E-state index contributed by atoms with van der Waals surface area (Å²) in [7, 11) is 1.76. The van der Waals surface area contributed by atoms with Gasteiger partial charge in [-0.1, -0.05) is 12.1 Å². The molecule has 0 saturated heterocycles. The van der Waals surface area contributed by atoms with Gasteiger partial charge in [-0.2, -0.15) is 5.10 Å². The molecule has 0 aliphatic rings. The molecular formula is C19H19FN4O. The molecule has 0 radical (unpaired) electrons. The van der Waals surface area contributed by atoms with Crippen molar-refractivity contribution >= 4 is 5.91 Å². The van der Waals surface area contributed by atoms with Crippen LogP contribution in [0.3, 0.4) is 0 Å². The molecule has 0 atom stereocenters. The van der Waals surface area contributed by atoms with E-state index < -0.39 is 0 Å². The molecule has 5 nitrogen and oxygen atoms in total. The number of nitrogens with one attached hydrogen (secondary N) is 1. The topological polar surface area (TPSA) is 61.9 Å². The van der Waals surface area contributed by atoms with Gasteiger partial charge in [-0.25, -0.2) is 4.39 Å². The van der Waals surface area contributed by atoms with Crippen molar-refractivity contribution in [1.82, 2.24) is 20.1 Å². The molecule has 0 saturated carbocycles. The minimum Gasteiger partial charge on any atom is -0.342 e. The molecule has 1 aromatic carbocycles. The van der Waals surface area contributed by atoms with Gasteiger partial charge in [-0.3, -0.25) is 14.9 Å². The average Bonchev–Trinajstić information content (AvgIpc) is 3.06. The van der Waals surface area contributed by atoms with Crippen LogP contribution >= 0.6 is 0 Å². The zero-order chi connectivity index (χ0) is 17.8. The number of aromatic nitrogens is 3. The second-order valence-electron chi connectivity index (χ2n) is 5.78. The predicted molar refractivity (Wildman–Crippen MR) is 93.7 cm³/mol. The van der Waals surface area contributed by atoms with Crippen molar-refractivity contribution in [2.45, 2.75) is 13.3 Å². The molecule has 0 aliphatic heterocycles. The van der Waals surface area contributed by atoms with Crippen LogP contribution in [0, 0.1) is 5.82 Å². The molecule has 25 heavy (non-hydrogen) atoms. The quantitative estimate of drug-likeness (QED) is 0.776. The number of carbonyl (C=O) groups is 1. The van der Waals surface area contributed by atoms with E-state index in [1.54, 1.807) is 36.5 Å². The first-order valence-corrected chi connectivity index (χ1v) is 8.07. The largest absolute Gasteiger partial charge is 0.342 e. The smallest absolute Gasteiger partial charge is 0.257 e. The van der Waals surface area contributed by atoms with Crippen LogP contribution < -0.4 is 0 Å². The Labute approximate surface area is 145 Å². The number of halogens is 1. The van der Waals surface area contributed by atoms with E-state index in [4.69, 9.17) is 0 Å². The van der Waals surface area contributed by atoms with Crippen molar-refractivity contribution in [3.8, 4) is 11.3 Å². The van der Waals surface area contributed by atoms with Crippen LogP contribution in [0.1, 0.15) is 28.5 Å². The Bertz CT molecular complexity index is 859. The molecule has 0 aliphatic carbocycles. The third-order valence-electron chi connectivity index (χ3n) is 4.12. The minimum atomic E-state index is -0.284. The normalized spacial score (nSPS) is 10.7. The van der Waals surface area contributed by atoms with Crippen molar-refractivity contribution in [2.24, 2.45) is 0 Å². The van der Waals surface area contributed by atoms with E-state index in [2.05, 4.69) is 15.2 Å². The lowest BCUT2D eigenvalue weighted by Gasteiger charge is -2.15.